The number of carbonyl (C=O) groups excluding carboxylic acids is 7. The number of carbonyl (C=O) groups is 7. The number of allylic oxidation sites excluding steroid dienone is 1. The summed E-state index contributed by atoms with van der Waals surface area (Å²) in [5.74, 6) is -2.66. The summed E-state index contributed by atoms with van der Waals surface area (Å²) in [5, 5.41) is 12.5. The summed E-state index contributed by atoms with van der Waals surface area (Å²) in [6.45, 7) is 10.7. The van der Waals surface area contributed by atoms with Crippen LogP contribution in [0.2, 0.25) is 0 Å². The van der Waals surface area contributed by atoms with Crippen LogP contribution < -0.4 is 21.3 Å². The molecule has 22 nitrogen and oxygen atoms in total. The highest BCUT2D eigenvalue weighted by Gasteiger charge is 2.37. The van der Waals surface area contributed by atoms with Crippen molar-refractivity contribution in [3.63, 3.8) is 0 Å². The Morgan fingerprint density at radius 1 is 0.988 bits per heavy atom. The number of para-hydroxylation sites is 1. The molecule has 2 aromatic carbocycles. The van der Waals surface area contributed by atoms with Gasteiger partial charge < -0.3 is 54.4 Å². The summed E-state index contributed by atoms with van der Waals surface area (Å²) >= 11 is 0.288. The minimum atomic E-state index is -1.63. The summed E-state index contributed by atoms with van der Waals surface area (Å²) in [6, 6.07) is 14.1. The molecule has 0 aliphatic carbocycles. The van der Waals surface area contributed by atoms with Crippen LogP contribution in [0.25, 0.3) is 22.7 Å². The second-order valence-electron chi connectivity index (χ2n) is 21.0. The predicted octanol–water partition coefficient (Wildman–Crippen LogP) is 5.61. The number of aldehydes is 1. The van der Waals surface area contributed by atoms with E-state index in [1.165, 1.54) is 11.8 Å². The predicted molar refractivity (Wildman–Crippen MR) is 311 cm³/mol. The molecule has 4 aromatic rings. The van der Waals surface area contributed by atoms with Crippen LogP contribution in [0.15, 0.2) is 89.4 Å². The lowest BCUT2D eigenvalue weighted by molar-refractivity contribution is -0.153. The number of aromatic nitrogens is 3. The van der Waals surface area contributed by atoms with Gasteiger partial charge in [0.1, 0.15) is 39.0 Å². The fraction of sp³-hybridized carbons (Fsp3) is 0.448. The van der Waals surface area contributed by atoms with Crippen molar-refractivity contribution in [2.24, 2.45) is 0 Å². The van der Waals surface area contributed by atoms with E-state index >= 15 is 0 Å². The van der Waals surface area contributed by atoms with E-state index in [2.05, 4.69) is 31.2 Å². The average Bonchev–Trinajstić information content (AvgIpc) is 2.68. The van der Waals surface area contributed by atoms with Gasteiger partial charge in [0.2, 0.25) is 29.7 Å². The Hall–Kier alpha value is -7.22. The van der Waals surface area contributed by atoms with E-state index in [4.69, 9.17) is 28.7 Å². The molecule has 440 valence electrons. The Morgan fingerprint density at radius 3 is 2.40 bits per heavy atom. The van der Waals surface area contributed by atoms with Crippen LogP contribution in [0, 0.1) is 0 Å². The highest BCUT2D eigenvalue weighted by atomic mass is 32.2. The second kappa shape index (κ2) is 30.2. The summed E-state index contributed by atoms with van der Waals surface area (Å²) in [4.78, 5) is 104. The summed E-state index contributed by atoms with van der Waals surface area (Å²) in [5.41, 5.74) is 4.39. The molecule has 0 radical (unpaired) electrons. The molecule has 2 aliphatic heterocycles. The Labute approximate surface area is 485 Å². The minimum Gasteiger partial charge on any atom is -0.598 e. The molecule has 2 unspecified atom stereocenters. The maximum Gasteiger partial charge on any atom is 0.509 e. The van der Waals surface area contributed by atoms with Gasteiger partial charge in [-0.2, -0.15) is 0 Å². The SMILES string of the molecule is CSc1ncc(/C=C/CCCC(=O)NCC(C)(C)OCC(C)(C)NC(=O)COCC(=O)NCC(=O)Nc2ccc(COC(=O)OC3C(=O)OCC(C=O)=C3/C=C3/c4nc5ccccc5c(CCN(C(C)C)[S+](C)[O-])c4CN3C)cc2)cn1. The van der Waals surface area contributed by atoms with Gasteiger partial charge in [-0.1, -0.05) is 54.2 Å². The second-order valence-corrected chi connectivity index (χ2v) is 23.1. The van der Waals surface area contributed by atoms with Gasteiger partial charge in [0, 0.05) is 96.2 Å². The molecule has 0 bridgehead atoms. The molecule has 0 spiro atoms. The van der Waals surface area contributed by atoms with E-state index < -0.39 is 78.2 Å². The van der Waals surface area contributed by atoms with E-state index in [9.17, 15) is 38.1 Å². The number of hydrogen-bond acceptors (Lipinski definition) is 19. The Balaban J connectivity index is 0.898. The van der Waals surface area contributed by atoms with Crippen LogP contribution in [0.1, 0.15) is 88.8 Å². The van der Waals surface area contributed by atoms with E-state index in [0.29, 0.717) is 66.4 Å². The van der Waals surface area contributed by atoms with Gasteiger partial charge in [-0.15, -0.1) is 4.31 Å². The molecule has 82 heavy (non-hydrogen) atoms. The molecule has 2 atom stereocenters. The average molecular weight is 1170 g/mol. The quantitative estimate of drug-likeness (QED) is 0.0128. The standard InChI is InChI=1S/C58H73N9O13S2/c1-37(2)67(82(9)75)24-23-42-43-16-13-14-17-46(43)64-52-45(42)29-66(7)47(52)25-44-40(30-68)32-77-54(73)53(44)80-56(74)78-31-38-19-21-41(22-20-38)63-49(70)28-59-50(71)33-76-34-51(72)65-57(3,4)36-79-58(5,6)35-62-48(69)18-12-10-11-15-39-26-60-55(81-8)61-27-39/h11,13-17,19-22,25-27,30,37,53H,10,12,18,23-24,28-29,31-36H2,1-9H3,(H,59,71)(H,62,69)(H,63,70)(H,65,72)/b15-11+,47-25-. The molecule has 2 aliphatic rings. The van der Waals surface area contributed by atoms with Crippen LogP contribution >= 0.6 is 11.8 Å². The highest BCUT2D eigenvalue weighted by molar-refractivity contribution is 7.98. The third kappa shape index (κ3) is 19.2. The molecule has 4 amide bonds. The zero-order valence-corrected chi connectivity index (χ0v) is 49.4. The smallest absolute Gasteiger partial charge is 0.509 e. The zero-order valence-electron chi connectivity index (χ0n) is 47.8. The van der Waals surface area contributed by atoms with Crippen molar-refractivity contribution in [1.82, 2.24) is 40.1 Å². The number of fused-ring (bicyclic) bond motifs is 2. The molecular weight excluding hydrogens is 1090 g/mol. The van der Waals surface area contributed by atoms with Gasteiger partial charge in [0.15, 0.2) is 5.16 Å². The number of thioether (sulfide) groups is 1. The van der Waals surface area contributed by atoms with Crippen LogP contribution in [0.3, 0.4) is 0 Å². The largest absolute Gasteiger partial charge is 0.598 e. The minimum absolute atomic E-state index is 0.0540. The maximum absolute atomic E-state index is 13.2. The van der Waals surface area contributed by atoms with Crippen molar-refractivity contribution < 1.29 is 61.8 Å². The molecule has 2 aromatic heterocycles. The number of esters is 1. The third-order valence-electron chi connectivity index (χ3n) is 13.0. The number of amides is 4. The number of pyridine rings is 1. The monoisotopic (exact) mass is 1170 g/mol. The van der Waals surface area contributed by atoms with Crippen molar-refractivity contribution in [1.29, 1.82) is 0 Å². The van der Waals surface area contributed by atoms with E-state index in [1.54, 1.807) is 62.8 Å². The van der Waals surface area contributed by atoms with Crippen molar-refractivity contribution in [3.05, 3.63) is 112 Å². The number of anilines is 1. The van der Waals surface area contributed by atoms with Gasteiger partial charge in [0.25, 0.3) is 0 Å². The number of benzene rings is 2. The number of hydrogen-bond donors (Lipinski definition) is 4. The highest BCUT2D eigenvalue weighted by Crippen LogP contribution is 2.38. The summed E-state index contributed by atoms with van der Waals surface area (Å²) in [6.07, 6.45) is 12.7. The van der Waals surface area contributed by atoms with Gasteiger partial charge in [-0.05, 0) is 102 Å². The fourth-order valence-electron chi connectivity index (χ4n) is 8.73. The Bertz CT molecular complexity index is 3010. The lowest BCUT2D eigenvalue weighted by atomic mass is 9.96. The van der Waals surface area contributed by atoms with Crippen LogP contribution in [0.5, 0.6) is 0 Å². The molecule has 24 heteroatoms. The molecule has 4 N–H and O–H groups in total. The van der Waals surface area contributed by atoms with Crippen molar-refractivity contribution >= 4 is 93.5 Å². The first-order valence-corrected chi connectivity index (χ1v) is 29.4. The number of nitrogens with zero attached hydrogens (tertiary/aromatic N) is 5. The first kappa shape index (κ1) is 64.0. The molecule has 6 rings (SSSR count). The Kier molecular flexibility index (Phi) is 23.5. The van der Waals surface area contributed by atoms with E-state index in [-0.39, 0.29) is 49.5 Å². The molecule has 0 saturated heterocycles. The topological polar surface area (TPSA) is 282 Å². The number of rotatable bonds is 29. The van der Waals surface area contributed by atoms with Gasteiger partial charge in [-0.3, -0.25) is 24.0 Å². The Morgan fingerprint density at radius 2 is 1.71 bits per heavy atom. The molecule has 0 fully saturated rings. The van der Waals surface area contributed by atoms with E-state index in [1.807, 2.05) is 86.6 Å². The maximum atomic E-state index is 13.2. The van der Waals surface area contributed by atoms with Crippen LogP contribution in [-0.4, -0.2) is 160 Å². The van der Waals surface area contributed by atoms with Crippen LogP contribution in [-0.2, 0) is 83.4 Å². The number of cyclic esters (lactones) is 1. The lowest BCUT2D eigenvalue weighted by Crippen LogP contribution is -2.51. The van der Waals surface area contributed by atoms with Crippen LogP contribution in [0.4, 0.5) is 10.5 Å². The first-order chi connectivity index (χ1) is 39.0. The number of nitrogens with one attached hydrogen (secondary N) is 4. The van der Waals surface area contributed by atoms with Crippen molar-refractivity contribution in [2.75, 3.05) is 70.9 Å². The molecule has 4 heterocycles. The third-order valence-corrected chi connectivity index (χ3v) is 14.8. The number of ether oxygens (including phenoxy) is 5. The fourth-order valence-corrected chi connectivity index (χ4v) is 9.99. The van der Waals surface area contributed by atoms with Gasteiger partial charge in [0.05, 0.1) is 41.2 Å². The van der Waals surface area contributed by atoms with Gasteiger partial charge in [-0.25, -0.2) is 24.5 Å². The van der Waals surface area contributed by atoms with Crippen molar-refractivity contribution in [2.45, 2.75) is 109 Å². The molecule has 0 saturated carbocycles. The van der Waals surface area contributed by atoms with Gasteiger partial charge >= 0.3 is 12.1 Å². The van der Waals surface area contributed by atoms with Crippen molar-refractivity contribution in [3.8, 4) is 0 Å². The summed E-state index contributed by atoms with van der Waals surface area (Å²) in [7, 11) is 1.86. The molecular formula is C58H73N9O13S2. The zero-order chi connectivity index (χ0) is 59.6. The summed E-state index contributed by atoms with van der Waals surface area (Å²) < 4.78 is 42.0. The van der Waals surface area contributed by atoms with E-state index in [0.717, 1.165) is 34.0 Å². The normalized spacial score (nSPS) is 15.4. The lowest BCUT2D eigenvalue weighted by Gasteiger charge is -2.32. The first-order valence-electron chi connectivity index (χ1n) is 26.6. The number of unbranched alkanes of at least 4 members (excludes halogenated alkanes) is 1.